The Balaban J connectivity index is 1.99. The van der Waals surface area contributed by atoms with Crippen LogP contribution < -0.4 is 10.1 Å². The van der Waals surface area contributed by atoms with Crippen molar-refractivity contribution in [3.63, 3.8) is 0 Å². The Morgan fingerprint density at radius 3 is 2.94 bits per heavy atom. The molecule has 1 aliphatic heterocycles. The summed E-state index contributed by atoms with van der Waals surface area (Å²) < 4.78 is 18.3. The van der Waals surface area contributed by atoms with Gasteiger partial charge in [-0.1, -0.05) is 12.1 Å². The van der Waals surface area contributed by atoms with Crippen LogP contribution in [0, 0.1) is 11.7 Å². The van der Waals surface area contributed by atoms with Gasteiger partial charge in [-0.3, -0.25) is 4.79 Å². The molecule has 1 aromatic carbocycles. The molecule has 0 spiro atoms. The number of rotatable bonds is 2. The maximum Gasteiger partial charge on any atom is 0.315 e. The summed E-state index contributed by atoms with van der Waals surface area (Å²) in [6.45, 7) is 1.55. The van der Waals surface area contributed by atoms with Crippen molar-refractivity contribution in [3.05, 3.63) is 30.1 Å². The lowest BCUT2D eigenvalue weighted by Crippen LogP contribution is -2.36. The Hall–Kier alpha value is -1.42. The molecular weight excluding hydrogens is 209 g/mol. The standard InChI is InChI=1S/C12H14FNO2/c13-10-5-1-2-6-11(10)16-12(15)9-4-3-7-14-8-9/h1-2,5-6,9,14H,3-4,7-8H2. The number of esters is 1. The highest BCUT2D eigenvalue weighted by Gasteiger charge is 2.23. The smallest absolute Gasteiger partial charge is 0.315 e. The number of para-hydroxylation sites is 1. The van der Waals surface area contributed by atoms with Gasteiger partial charge in [0.25, 0.3) is 0 Å². The normalized spacial score (nSPS) is 20.4. The summed E-state index contributed by atoms with van der Waals surface area (Å²) in [5.74, 6) is -0.997. The van der Waals surface area contributed by atoms with Gasteiger partial charge < -0.3 is 10.1 Å². The second-order valence-corrected chi connectivity index (χ2v) is 3.89. The molecule has 1 saturated heterocycles. The largest absolute Gasteiger partial charge is 0.423 e. The molecule has 0 amide bonds. The summed E-state index contributed by atoms with van der Waals surface area (Å²) in [5.41, 5.74) is 0. The van der Waals surface area contributed by atoms with Gasteiger partial charge >= 0.3 is 5.97 Å². The lowest BCUT2D eigenvalue weighted by molar-refractivity contribution is -0.139. The van der Waals surface area contributed by atoms with E-state index in [-0.39, 0.29) is 17.6 Å². The van der Waals surface area contributed by atoms with E-state index < -0.39 is 5.82 Å². The number of piperidine rings is 1. The first-order chi connectivity index (χ1) is 7.77. The van der Waals surface area contributed by atoms with Crippen LogP contribution in [0.2, 0.25) is 0 Å². The van der Waals surface area contributed by atoms with Crippen LogP contribution in [-0.4, -0.2) is 19.1 Å². The highest BCUT2D eigenvalue weighted by molar-refractivity contribution is 5.75. The Morgan fingerprint density at radius 2 is 2.25 bits per heavy atom. The Morgan fingerprint density at radius 1 is 1.44 bits per heavy atom. The third-order valence-electron chi connectivity index (χ3n) is 2.68. The fraction of sp³-hybridized carbons (Fsp3) is 0.417. The van der Waals surface area contributed by atoms with Crippen LogP contribution in [0.25, 0.3) is 0 Å². The number of benzene rings is 1. The molecule has 1 N–H and O–H groups in total. The number of hydrogen-bond acceptors (Lipinski definition) is 3. The fourth-order valence-corrected chi connectivity index (χ4v) is 1.77. The van der Waals surface area contributed by atoms with Crippen LogP contribution in [-0.2, 0) is 4.79 Å². The maximum absolute atomic E-state index is 13.2. The van der Waals surface area contributed by atoms with Gasteiger partial charge in [0.05, 0.1) is 5.92 Å². The molecule has 0 aliphatic carbocycles. The van der Waals surface area contributed by atoms with Crippen molar-refractivity contribution < 1.29 is 13.9 Å². The van der Waals surface area contributed by atoms with Crippen molar-refractivity contribution in [2.75, 3.05) is 13.1 Å². The highest BCUT2D eigenvalue weighted by atomic mass is 19.1. The second kappa shape index (κ2) is 5.07. The van der Waals surface area contributed by atoms with E-state index in [4.69, 9.17) is 4.74 Å². The van der Waals surface area contributed by atoms with Gasteiger partial charge in [0.1, 0.15) is 0 Å². The van der Waals surface area contributed by atoms with E-state index in [1.54, 1.807) is 12.1 Å². The van der Waals surface area contributed by atoms with Gasteiger partial charge in [0, 0.05) is 6.54 Å². The fourth-order valence-electron chi connectivity index (χ4n) is 1.77. The molecule has 1 unspecified atom stereocenters. The van der Waals surface area contributed by atoms with Gasteiger partial charge in [-0.15, -0.1) is 0 Å². The van der Waals surface area contributed by atoms with Crippen molar-refractivity contribution in [3.8, 4) is 5.75 Å². The third kappa shape index (κ3) is 2.58. The summed E-state index contributed by atoms with van der Waals surface area (Å²) in [7, 11) is 0. The summed E-state index contributed by atoms with van der Waals surface area (Å²) >= 11 is 0. The Kier molecular flexibility index (Phi) is 3.51. The van der Waals surface area contributed by atoms with Crippen molar-refractivity contribution in [2.24, 2.45) is 5.92 Å². The maximum atomic E-state index is 13.2. The lowest BCUT2D eigenvalue weighted by atomic mass is 10.0. The van der Waals surface area contributed by atoms with Crippen molar-refractivity contribution in [1.82, 2.24) is 5.32 Å². The predicted octanol–water partition coefficient (Wildman–Crippen LogP) is 1.73. The zero-order chi connectivity index (χ0) is 11.4. The molecule has 1 heterocycles. The molecule has 3 nitrogen and oxygen atoms in total. The van der Waals surface area contributed by atoms with E-state index in [1.807, 2.05) is 0 Å². The number of nitrogens with one attached hydrogen (secondary N) is 1. The Bertz CT molecular complexity index is 375. The number of carbonyl (C=O) groups excluding carboxylic acids is 1. The quantitative estimate of drug-likeness (QED) is 0.613. The van der Waals surface area contributed by atoms with Crippen molar-refractivity contribution in [1.29, 1.82) is 0 Å². The van der Waals surface area contributed by atoms with Crippen molar-refractivity contribution in [2.45, 2.75) is 12.8 Å². The molecule has 16 heavy (non-hydrogen) atoms. The van der Waals surface area contributed by atoms with Crippen molar-refractivity contribution >= 4 is 5.97 Å². The second-order valence-electron chi connectivity index (χ2n) is 3.89. The van der Waals surface area contributed by atoms with E-state index in [2.05, 4.69) is 5.32 Å². The first-order valence-corrected chi connectivity index (χ1v) is 5.44. The molecule has 4 heteroatoms. The number of carbonyl (C=O) groups is 1. The highest BCUT2D eigenvalue weighted by Crippen LogP contribution is 2.19. The van der Waals surface area contributed by atoms with E-state index in [1.165, 1.54) is 12.1 Å². The minimum absolute atomic E-state index is 0.0121. The molecule has 1 atom stereocenters. The van der Waals surface area contributed by atoms with Crippen LogP contribution in [0.15, 0.2) is 24.3 Å². The molecule has 0 radical (unpaired) electrons. The zero-order valence-corrected chi connectivity index (χ0v) is 8.91. The van der Waals surface area contributed by atoms with Gasteiger partial charge in [0.2, 0.25) is 0 Å². The van der Waals surface area contributed by atoms with Gasteiger partial charge in [-0.2, -0.15) is 0 Å². The predicted molar refractivity (Wildman–Crippen MR) is 57.6 cm³/mol. The van der Waals surface area contributed by atoms with Gasteiger partial charge in [-0.25, -0.2) is 4.39 Å². The minimum atomic E-state index is -0.500. The third-order valence-corrected chi connectivity index (χ3v) is 2.68. The van der Waals surface area contributed by atoms with Crippen LogP contribution in [0.5, 0.6) is 5.75 Å². The van der Waals surface area contributed by atoms with Gasteiger partial charge in [-0.05, 0) is 31.5 Å². The summed E-state index contributed by atoms with van der Waals surface area (Å²) in [5, 5.41) is 3.12. The summed E-state index contributed by atoms with van der Waals surface area (Å²) in [6, 6.07) is 5.95. The van der Waals surface area contributed by atoms with Crippen LogP contribution in [0.1, 0.15) is 12.8 Å². The summed E-state index contributed by atoms with van der Waals surface area (Å²) in [6.07, 6.45) is 1.76. The van der Waals surface area contributed by atoms with Crippen LogP contribution in [0.4, 0.5) is 4.39 Å². The van der Waals surface area contributed by atoms with E-state index >= 15 is 0 Å². The average Bonchev–Trinajstić information content (AvgIpc) is 2.33. The molecule has 0 aromatic heterocycles. The first kappa shape index (κ1) is 11.1. The van der Waals surface area contributed by atoms with Crippen LogP contribution >= 0.6 is 0 Å². The molecule has 1 fully saturated rings. The number of ether oxygens (including phenoxy) is 1. The molecular formula is C12H14FNO2. The van der Waals surface area contributed by atoms with Gasteiger partial charge in [0.15, 0.2) is 11.6 Å². The molecule has 0 bridgehead atoms. The average molecular weight is 223 g/mol. The topological polar surface area (TPSA) is 38.3 Å². The molecule has 1 aromatic rings. The lowest BCUT2D eigenvalue weighted by Gasteiger charge is -2.20. The Labute approximate surface area is 93.6 Å². The number of hydrogen-bond donors (Lipinski definition) is 1. The number of halogens is 1. The minimum Gasteiger partial charge on any atom is -0.423 e. The van der Waals surface area contributed by atoms with E-state index in [0.29, 0.717) is 6.54 Å². The van der Waals surface area contributed by atoms with E-state index in [0.717, 1.165) is 19.4 Å². The molecule has 1 aliphatic rings. The molecule has 2 rings (SSSR count). The van der Waals surface area contributed by atoms with Crippen LogP contribution in [0.3, 0.4) is 0 Å². The first-order valence-electron chi connectivity index (χ1n) is 5.44. The molecule has 86 valence electrons. The monoisotopic (exact) mass is 223 g/mol. The zero-order valence-electron chi connectivity index (χ0n) is 8.91. The van der Waals surface area contributed by atoms with E-state index in [9.17, 15) is 9.18 Å². The SMILES string of the molecule is O=C(Oc1ccccc1F)C1CCCNC1. The summed E-state index contributed by atoms with van der Waals surface area (Å²) in [4.78, 5) is 11.7. The molecule has 0 saturated carbocycles.